The Labute approximate surface area is 152 Å². The van der Waals surface area contributed by atoms with Crippen LogP contribution in [0.25, 0.3) is 0 Å². The normalized spacial score (nSPS) is 12.4. The molecule has 0 aliphatic rings. The minimum atomic E-state index is -3.24. The van der Waals surface area contributed by atoms with Gasteiger partial charge < -0.3 is 15.1 Å². The van der Waals surface area contributed by atoms with Crippen molar-refractivity contribution in [3.8, 4) is 0 Å². The average molecular weight is 378 g/mol. The molecule has 0 fully saturated rings. The molecule has 140 valence electrons. The van der Waals surface area contributed by atoms with Crippen molar-refractivity contribution in [1.82, 2.24) is 10.6 Å². The van der Waals surface area contributed by atoms with Gasteiger partial charge in [-0.2, -0.15) is 0 Å². The molecule has 1 aromatic carbocycles. The summed E-state index contributed by atoms with van der Waals surface area (Å²) in [4.78, 5) is 23.9. The largest absolute Gasteiger partial charge is 0.459 e. The highest BCUT2D eigenvalue weighted by molar-refractivity contribution is 7.90. The number of carbonyl (C=O) groups excluding carboxylic acids is 2. The van der Waals surface area contributed by atoms with Gasteiger partial charge in [-0.25, -0.2) is 8.42 Å². The zero-order chi connectivity index (χ0) is 19.2. The van der Waals surface area contributed by atoms with E-state index in [1.165, 1.54) is 18.4 Å². The number of hydrogen-bond acceptors (Lipinski definition) is 5. The number of hydrogen-bond donors (Lipinski definition) is 2. The number of sulfone groups is 1. The predicted molar refractivity (Wildman–Crippen MR) is 96.4 cm³/mol. The Hall–Kier alpha value is -2.61. The fourth-order valence-electron chi connectivity index (χ4n) is 2.35. The molecule has 0 spiro atoms. The molecule has 0 bridgehead atoms. The molecule has 2 rings (SSSR count). The van der Waals surface area contributed by atoms with Gasteiger partial charge in [0.1, 0.15) is 0 Å². The minimum Gasteiger partial charge on any atom is -0.459 e. The van der Waals surface area contributed by atoms with Crippen LogP contribution in [-0.2, 0) is 14.6 Å². The third kappa shape index (κ3) is 5.73. The lowest BCUT2D eigenvalue weighted by atomic mass is 10.1. The maximum Gasteiger partial charge on any atom is 0.286 e. The maximum atomic E-state index is 12.0. The lowest BCUT2D eigenvalue weighted by Crippen LogP contribution is -2.29. The van der Waals surface area contributed by atoms with Gasteiger partial charge in [0, 0.05) is 19.2 Å². The first-order valence-electron chi connectivity index (χ1n) is 8.18. The summed E-state index contributed by atoms with van der Waals surface area (Å²) in [5.74, 6) is -0.215. The lowest BCUT2D eigenvalue weighted by molar-refractivity contribution is -0.121. The van der Waals surface area contributed by atoms with Gasteiger partial charge in [0.25, 0.3) is 5.91 Å². The van der Waals surface area contributed by atoms with E-state index in [0.29, 0.717) is 13.0 Å². The van der Waals surface area contributed by atoms with E-state index < -0.39 is 9.84 Å². The molecule has 1 heterocycles. The number of amides is 2. The van der Waals surface area contributed by atoms with E-state index >= 15 is 0 Å². The maximum absolute atomic E-state index is 12.0. The summed E-state index contributed by atoms with van der Waals surface area (Å²) < 4.78 is 27.9. The number of furan rings is 1. The van der Waals surface area contributed by atoms with E-state index in [4.69, 9.17) is 4.42 Å². The van der Waals surface area contributed by atoms with Crippen LogP contribution in [-0.4, -0.2) is 33.0 Å². The van der Waals surface area contributed by atoms with Crippen molar-refractivity contribution in [1.29, 1.82) is 0 Å². The van der Waals surface area contributed by atoms with Gasteiger partial charge in [0.15, 0.2) is 15.6 Å². The molecule has 0 aliphatic carbocycles. The standard InChI is InChI=1S/C18H22N2O5S/c1-13(14-7-9-15(10-8-14)26(2,23)24)20-17(21)6-3-11-19-18(22)16-5-4-12-25-16/h4-5,7-10,12-13H,3,6,11H2,1-2H3,(H,19,22)(H,20,21)/t13-/m1/s1. The Morgan fingerprint density at radius 1 is 1.15 bits per heavy atom. The third-order valence-electron chi connectivity index (χ3n) is 3.80. The third-order valence-corrected chi connectivity index (χ3v) is 4.93. The fraction of sp³-hybridized carbons (Fsp3) is 0.333. The molecule has 8 heteroatoms. The van der Waals surface area contributed by atoms with Gasteiger partial charge >= 0.3 is 0 Å². The molecule has 7 nitrogen and oxygen atoms in total. The average Bonchev–Trinajstić information content (AvgIpc) is 3.12. The quantitative estimate of drug-likeness (QED) is 0.684. The van der Waals surface area contributed by atoms with Crippen molar-refractivity contribution >= 4 is 21.7 Å². The second-order valence-corrected chi connectivity index (χ2v) is 7.98. The highest BCUT2D eigenvalue weighted by atomic mass is 32.2. The summed E-state index contributed by atoms with van der Waals surface area (Å²) in [6.07, 6.45) is 3.34. The molecule has 2 amide bonds. The molecule has 1 aromatic heterocycles. The summed E-state index contributed by atoms with van der Waals surface area (Å²) >= 11 is 0. The van der Waals surface area contributed by atoms with Crippen LogP contribution in [0.5, 0.6) is 0 Å². The van der Waals surface area contributed by atoms with Crippen LogP contribution >= 0.6 is 0 Å². The van der Waals surface area contributed by atoms with Crippen molar-refractivity contribution in [3.63, 3.8) is 0 Å². The molecule has 0 saturated carbocycles. The second-order valence-electron chi connectivity index (χ2n) is 5.97. The van der Waals surface area contributed by atoms with Crippen LogP contribution in [0.4, 0.5) is 0 Å². The van der Waals surface area contributed by atoms with Gasteiger partial charge in [-0.05, 0) is 43.2 Å². The van der Waals surface area contributed by atoms with E-state index in [1.807, 2.05) is 6.92 Å². The van der Waals surface area contributed by atoms with E-state index in [-0.39, 0.29) is 34.9 Å². The van der Waals surface area contributed by atoms with Crippen LogP contribution in [0.1, 0.15) is 41.9 Å². The molecule has 26 heavy (non-hydrogen) atoms. The van der Waals surface area contributed by atoms with Gasteiger partial charge in [0.05, 0.1) is 17.2 Å². The van der Waals surface area contributed by atoms with Crippen LogP contribution in [0.2, 0.25) is 0 Å². The predicted octanol–water partition coefficient (Wildman–Crippen LogP) is 2.07. The van der Waals surface area contributed by atoms with E-state index in [1.54, 1.807) is 24.3 Å². The van der Waals surface area contributed by atoms with Gasteiger partial charge in [-0.15, -0.1) is 0 Å². The van der Waals surface area contributed by atoms with Crippen LogP contribution in [0.15, 0.2) is 52.0 Å². The molecule has 0 saturated heterocycles. The van der Waals surface area contributed by atoms with Crippen LogP contribution < -0.4 is 10.6 Å². The molecule has 0 unspecified atom stereocenters. The van der Waals surface area contributed by atoms with Gasteiger partial charge in [-0.3, -0.25) is 9.59 Å². The molecule has 2 aromatic rings. The summed E-state index contributed by atoms with van der Waals surface area (Å²) in [5.41, 5.74) is 0.817. The Morgan fingerprint density at radius 2 is 1.85 bits per heavy atom. The monoisotopic (exact) mass is 378 g/mol. The highest BCUT2D eigenvalue weighted by Crippen LogP contribution is 2.16. The fourth-order valence-corrected chi connectivity index (χ4v) is 2.98. The van der Waals surface area contributed by atoms with E-state index in [2.05, 4.69) is 10.6 Å². The van der Waals surface area contributed by atoms with Crippen LogP contribution in [0.3, 0.4) is 0 Å². The molecule has 2 N–H and O–H groups in total. The Morgan fingerprint density at radius 3 is 2.42 bits per heavy atom. The van der Waals surface area contributed by atoms with Crippen LogP contribution in [0, 0.1) is 0 Å². The summed E-state index contributed by atoms with van der Waals surface area (Å²) in [6, 6.07) is 9.38. The first-order chi connectivity index (χ1) is 12.3. The number of benzene rings is 1. The molecule has 1 atom stereocenters. The summed E-state index contributed by atoms with van der Waals surface area (Å²) in [6.45, 7) is 2.19. The van der Waals surface area contributed by atoms with Crippen molar-refractivity contribution < 1.29 is 22.4 Å². The summed E-state index contributed by atoms with van der Waals surface area (Å²) in [5, 5.41) is 5.53. The van der Waals surface area contributed by atoms with Crippen molar-refractivity contribution in [2.45, 2.75) is 30.7 Å². The van der Waals surface area contributed by atoms with E-state index in [9.17, 15) is 18.0 Å². The first kappa shape index (κ1) is 19.7. The Bertz CT molecular complexity index is 842. The SMILES string of the molecule is C[C@@H](NC(=O)CCCNC(=O)c1ccco1)c1ccc(S(C)(=O)=O)cc1. The number of carbonyl (C=O) groups is 2. The minimum absolute atomic E-state index is 0.142. The zero-order valence-corrected chi connectivity index (χ0v) is 15.5. The van der Waals surface area contributed by atoms with Gasteiger partial charge in [0.2, 0.25) is 5.91 Å². The second kappa shape index (κ2) is 8.66. The first-order valence-corrected chi connectivity index (χ1v) is 10.1. The summed E-state index contributed by atoms with van der Waals surface area (Å²) in [7, 11) is -3.24. The van der Waals surface area contributed by atoms with Gasteiger partial charge in [-0.1, -0.05) is 12.1 Å². The smallest absolute Gasteiger partial charge is 0.286 e. The van der Waals surface area contributed by atoms with Crippen molar-refractivity contribution in [2.75, 3.05) is 12.8 Å². The topological polar surface area (TPSA) is 105 Å². The van der Waals surface area contributed by atoms with Crippen molar-refractivity contribution in [3.05, 3.63) is 54.0 Å². The number of rotatable bonds is 8. The molecule has 0 aliphatic heterocycles. The number of nitrogens with one attached hydrogen (secondary N) is 2. The molecular weight excluding hydrogens is 356 g/mol. The lowest BCUT2D eigenvalue weighted by Gasteiger charge is -2.15. The highest BCUT2D eigenvalue weighted by Gasteiger charge is 2.12. The Kier molecular flexibility index (Phi) is 6.57. The molecule has 0 radical (unpaired) electrons. The van der Waals surface area contributed by atoms with Crippen molar-refractivity contribution in [2.24, 2.45) is 0 Å². The Balaban J connectivity index is 1.74. The zero-order valence-electron chi connectivity index (χ0n) is 14.7. The molecular formula is C18H22N2O5S. The van der Waals surface area contributed by atoms with E-state index in [0.717, 1.165) is 11.8 Å².